The smallest absolute Gasteiger partial charge is 0.191 e. The average Bonchev–Trinajstić information content (AvgIpc) is 3.32. The molecule has 3 rings (SSSR count). The van der Waals surface area contributed by atoms with E-state index in [4.69, 9.17) is 0 Å². The van der Waals surface area contributed by atoms with Crippen LogP contribution in [-0.2, 0) is 13.0 Å². The van der Waals surface area contributed by atoms with Crippen LogP contribution in [-0.4, -0.2) is 32.6 Å². The Labute approximate surface area is 147 Å². The predicted molar refractivity (Wildman–Crippen MR) is 104 cm³/mol. The standard InChI is InChI=1S/C19H24N4S/c1-20-19(21-11-10-18-5-4-14-24-18)22-15-16-6-8-17(9-7-16)23-12-2-3-13-23/h2-9,14H,10-13,15H2,1H3,(H2,20,21,22). The molecule has 0 unspecified atom stereocenters. The summed E-state index contributed by atoms with van der Waals surface area (Å²) >= 11 is 1.80. The van der Waals surface area contributed by atoms with Gasteiger partial charge in [-0.3, -0.25) is 4.99 Å². The SMILES string of the molecule is CN=C(NCCc1cccs1)NCc1ccc(N2CC=CC2)cc1. The van der Waals surface area contributed by atoms with Crippen LogP contribution in [0.2, 0.25) is 0 Å². The Kier molecular flexibility index (Phi) is 5.90. The quantitative estimate of drug-likeness (QED) is 0.482. The van der Waals surface area contributed by atoms with Crippen molar-refractivity contribution in [2.45, 2.75) is 13.0 Å². The highest BCUT2D eigenvalue weighted by Gasteiger charge is 2.07. The summed E-state index contributed by atoms with van der Waals surface area (Å²) in [5, 5.41) is 8.85. The first kappa shape index (κ1) is 16.6. The van der Waals surface area contributed by atoms with E-state index >= 15 is 0 Å². The molecule has 0 spiro atoms. The molecule has 4 nitrogen and oxygen atoms in total. The van der Waals surface area contributed by atoms with Gasteiger partial charge in [-0.2, -0.15) is 0 Å². The molecule has 0 radical (unpaired) electrons. The molecular formula is C19H24N4S. The highest BCUT2D eigenvalue weighted by Crippen LogP contribution is 2.17. The van der Waals surface area contributed by atoms with Crippen molar-refractivity contribution in [1.82, 2.24) is 10.6 Å². The third kappa shape index (κ3) is 4.61. The van der Waals surface area contributed by atoms with E-state index in [1.54, 1.807) is 11.3 Å². The Hall–Kier alpha value is -2.27. The second-order valence-electron chi connectivity index (χ2n) is 5.72. The van der Waals surface area contributed by atoms with Gasteiger partial charge in [0.2, 0.25) is 0 Å². The van der Waals surface area contributed by atoms with Crippen LogP contribution in [0.4, 0.5) is 5.69 Å². The fraction of sp³-hybridized carbons (Fsp3) is 0.316. The van der Waals surface area contributed by atoms with Crippen LogP contribution in [0.1, 0.15) is 10.4 Å². The van der Waals surface area contributed by atoms with E-state index in [2.05, 4.69) is 74.5 Å². The maximum Gasteiger partial charge on any atom is 0.191 e. The minimum absolute atomic E-state index is 0.775. The van der Waals surface area contributed by atoms with E-state index in [-0.39, 0.29) is 0 Å². The molecule has 0 amide bonds. The van der Waals surface area contributed by atoms with Crippen LogP contribution in [0.15, 0.2) is 58.9 Å². The first-order valence-electron chi connectivity index (χ1n) is 8.31. The van der Waals surface area contributed by atoms with Gasteiger partial charge >= 0.3 is 0 Å². The Balaban J connectivity index is 1.43. The number of rotatable bonds is 6. The molecule has 2 aromatic rings. The molecule has 126 valence electrons. The summed E-state index contributed by atoms with van der Waals surface area (Å²) in [6, 6.07) is 13.0. The molecule has 0 bridgehead atoms. The molecule has 1 aliphatic rings. The molecule has 2 heterocycles. The van der Waals surface area contributed by atoms with Gasteiger partial charge in [0, 0.05) is 43.8 Å². The number of hydrogen-bond donors (Lipinski definition) is 2. The lowest BCUT2D eigenvalue weighted by atomic mass is 10.2. The topological polar surface area (TPSA) is 39.7 Å². The average molecular weight is 340 g/mol. The summed E-state index contributed by atoms with van der Waals surface area (Å²) in [5.41, 5.74) is 2.54. The van der Waals surface area contributed by atoms with Gasteiger partial charge in [-0.1, -0.05) is 30.4 Å². The molecule has 1 aromatic carbocycles. The van der Waals surface area contributed by atoms with Crippen molar-refractivity contribution in [3.8, 4) is 0 Å². The zero-order valence-electron chi connectivity index (χ0n) is 14.0. The third-order valence-electron chi connectivity index (χ3n) is 4.05. The molecule has 0 atom stereocenters. The van der Waals surface area contributed by atoms with Crippen LogP contribution in [0, 0.1) is 0 Å². The van der Waals surface area contributed by atoms with Crippen LogP contribution < -0.4 is 15.5 Å². The van der Waals surface area contributed by atoms with Crippen molar-refractivity contribution in [2.24, 2.45) is 4.99 Å². The summed E-state index contributed by atoms with van der Waals surface area (Å²) in [5.74, 6) is 0.847. The van der Waals surface area contributed by atoms with Gasteiger partial charge in [-0.25, -0.2) is 0 Å². The summed E-state index contributed by atoms with van der Waals surface area (Å²) < 4.78 is 0. The molecule has 0 fully saturated rings. The van der Waals surface area contributed by atoms with Crippen molar-refractivity contribution in [2.75, 3.05) is 31.6 Å². The number of hydrogen-bond acceptors (Lipinski definition) is 3. The Morgan fingerprint density at radius 1 is 1.12 bits per heavy atom. The number of thiophene rings is 1. The van der Waals surface area contributed by atoms with Gasteiger partial charge in [0.25, 0.3) is 0 Å². The highest BCUT2D eigenvalue weighted by molar-refractivity contribution is 7.09. The monoisotopic (exact) mass is 340 g/mol. The summed E-state index contributed by atoms with van der Waals surface area (Å²) in [4.78, 5) is 8.03. The van der Waals surface area contributed by atoms with E-state index in [9.17, 15) is 0 Å². The summed E-state index contributed by atoms with van der Waals surface area (Å²) in [6.07, 6.45) is 5.44. The Morgan fingerprint density at radius 2 is 1.92 bits per heavy atom. The van der Waals surface area contributed by atoms with Crippen LogP contribution >= 0.6 is 11.3 Å². The largest absolute Gasteiger partial charge is 0.364 e. The van der Waals surface area contributed by atoms with Crippen molar-refractivity contribution in [3.05, 3.63) is 64.4 Å². The molecule has 24 heavy (non-hydrogen) atoms. The summed E-state index contributed by atoms with van der Waals surface area (Å²) in [7, 11) is 1.81. The van der Waals surface area contributed by atoms with E-state index in [0.29, 0.717) is 0 Å². The van der Waals surface area contributed by atoms with Crippen LogP contribution in [0.25, 0.3) is 0 Å². The fourth-order valence-electron chi connectivity index (χ4n) is 2.68. The number of guanidine groups is 1. The predicted octanol–water partition coefficient (Wildman–Crippen LogP) is 3.03. The van der Waals surface area contributed by atoms with Gasteiger partial charge in [0.05, 0.1) is 0 Å². The van der Waals surface area contributed by atoms with Gasteiger partial charge < -0.3 is 15.5 Å². The van der Waals surface area contributed by atoms with Crippen molar-refractivity contribution in [1.29, 1.82) is 0 Å². The van der Waals surface area contributed by atoms with Crippen LogP contribution in [0.3, 0.4) is 0 Å². The maximum absolute atomic E-state index is 4.28. The van der Waals surface area contributed by atoms with Crippen molar-refractivity contribution >= 4 is 23.0 Å². The zero-order chi connectivity index (χ0) is 16.6. The molecule has 5 heteroatoms. The molecular weight excluding hydrogens is 316 g/mol. The Morgan fingerprint density at radius 3 is 2.58 bits per heavy atom. The van der Waals surface area contributed by atoms with Crippen LogP contribution in [0.5, 0.6) is 0 Å². The lowest BCUT2D eigenvalue weighted by Crippen LogP contribution is -2.37. The molecule has 0 saturated heterocycles. The molecule has 0 aliphatic carbocycles. The summed E-state index contributed by atoms with van der Waals surface area (Å²) in [6.45, 7) is 3.69. The van der Waals surface area contributed by atoms with Gasteiger partial charge in [0.1, 0.15) is 0 Å². The second kappa shape index (κ2) is 8.55. The number of nitrogens with zero attached hydrogens (tertiary/aromatic N) is 2. The molecule has 2 N–H and O–H groups in total. The number of anilines is 1. The fourth-order valence-corrected chi connectivity index (χ4v) is 3.39. The highest BCUT2D eigenvalue weighted by atomic mass is 32.1. The molecule has 0 saturated carbocycles. The number of nitrogens with one attached hydrogen (secondary N) is 2. The van der Waals surface area contributed by atoms with Gasteiger partial charge in [-0.15, -0.1) is 11.3 Å². The van der Waals surface area contributed by atoms with E-state index in [0.717, 1.165) is 38.6 Å². The van der Waals surface area contributed by atoms with Crippen molar-refractivity contribution in [3.63, 3.8) is 0 Å². The first-order valence-corrected chi connectivity index (χ1v) is 9.19. The lowest BCUT2D eigenvalue weighted by Gasteiger charge is -2.18. The van der Waals surface area contributed by atoms with E-state index in [1.165, 1.54) is 16.1 Å². The van der Waals surface area contributed by atoms with E-state index < -0.39 is 0 Å². The Bertz CT molecular complexity index is 666. The van der Waals surface area contributed by atoms with Gasteiger partial charge in [0.15, 0.2) is 5.96 Å². The minimum Gasteiger partial charge on any atom is -0.364 e. The second-order valence-corrected chi connectivity index (χ2v) is 6.76. The number of benzene rings is 1. The van der Waals surface area contributed by atoms with Crippen molar-refractivity contribution < 1.29 is 0 Å². The third-order valence-corrected chi connectivity index (χ3v) is 4.98. The van der Waals surface area contributed by atoms with E-state index in [1.807, 2.05) is 7.05 Å². The normalized spacial score (nSPS) is 14.2. The molecule has 1 aromatic heterocycles. The number of aliphatic imine (C=N–C) groups is 1. The minimum atomic E-state index is 0.775. The first-order chi connectivity index (χ1) is 11.8. The molecule has 1 aliphatic heterocycles. The lowest BCUT2D eigenvalue weighted by molar-refractivity contribution is 0.799. The zero-order valence-corrected chi connectivity index (χ0v) is 14.9. The van der Waals surface area contributed by atoms with Gasteiger partial charge in [-0.05, 0) is 35.6 Å². The maximum atomic E-state index is 4.28.